The highest BCUT2D eigenvalue weighted by Gasteiger charge is 2.14. The van der Waals surface area contributed by atoms with E-state index in [0.29, 0.717) is 12.6 Å². The SMILES string of the molecule is Fc1ccccc1Cn1cc(CNC2CCCCCC2)c2ccccc21. The summed E-state index contributed by atoms with van der Waals surface area (Å²) >= 11 is 0. The van der Waals surface area contributed by atoms with Crippen molar-refractivity contribution in [3.05, 3.63) is 71.7 Å². The molecule has 0 atom stereocenters. The average molecular weight is 350 g/mol. The zero-order chi connectivity index (χ0) is 17.8. The molecule has 2 nitrogen and oxygen atoms in total. The Balaban J connectivity index is 1.56. The molecule has 1 aromatic heterocycles. The van der Waals surface area contributed by atoms with Crippen molar-refractivity contribution in [2.45, 2.75) is 57.7 Å². The van der Waals surface area contributed by atoms with Gasteiger partial charge < -0.3 is 9.88 Å². The molecule has 4 rings (SSSR count). The van der Waals surface area contributed by atoms with Gasteiger partial charge in [-0.25, -0.2) is 4.39 Å². The minimum atomic E-state index is -0.136. The van der Waals surface area contributed by atoms with E-state index in [0.717, 1.165) is 12.1 Å². The normalized spacial score (nSPS) is 16.0. The van der Waals surface area contributed by atoms with Crippen molar-refractivity contribution in [2.75, 3.05) is 0 Å². The molecular weight excluding hydrogens is 323 g/mol. The summed E-state index contributed by atoms with van der Waals surface area (Å²) in [6, 6.07) is 16.1. The lowest BCUT2D eigenvalue weighted by molar-refractivity contribution is 0.459. The van der Waals surface area contributed by atoms with E-state index < -0.39 is 0 Å². The van der Waals surface area contributed by atoms with Crippen molar-refractivity contribution in [3.8, 4) is 0 Å². The molecule has 0 spiro atoms. The van der Waals surface area contributed by atoms with E-state index in [1.165, 1.54) is 61.1 Å². The standard InChI is InChI=1S/C23H27FN2/c24-22-13-7-5-9-18(22)16-26-17-19(21-12-6-8-14-23(21)26)15-25-20-10-3-1-2-4-11-20/h5-9,12-14,17,20,25H,1-4,10-11,15-16H2. The number of para-hydroxylation sites is 1. The van der Waals surface area contributed by atoms with Gasteiger partial charge in [-0.15, -0.1) is 0 Å². The number of nitrogens with one attached hydrogen (secondary N) is 1. The first-order valence-electron chi connectivity index (χ1n) is 9.85. The maximum absolute atomic E-state index is 14.1. The predicted molar refractivity (Wildman–Crippen MR) is 106 cm³/mol. The fraction of sp³-hybridized carbons (Fsp3) is 0.391. The van der Waals surface area contributed by atoms with E-state index in [4.69, 9.17) is 0 Å². The van der Waals surface area contributed by atoms with Gasteiger partial charge in [-0.05, 0) is 30.5 Å². The smallest absolute Gasteiger partial charge is 0.128 e. The first-order valence-corrected chi connectivity index (χ1v) is 9.85. The topological polar surface area (TPSA) is 17.0 Å². The number of fused-ring (bicyclic) bond motifs is 1. The van der Waals surface area contributed by atoms with Crippen LogP contribution in [0, 0.1) is 5.82 Å². The largest absolute Gasteiger partial charge is 0.343 e. The Kier molecular flexibility index (Phi) is 5.35. The minimum Gasteiger partial charge on any atom is -0.343 e. The summed E-state index contributed by atoms with van der Waals surface area (Å²) in [7, 11) is 0. The second kappa shape index (κ2) is 8.05. The maximum atomic E-state index is 14.1. The van der Waals surface area contributed by atoms with Crippen LogP contribution in [0.3, 0.4) is 0 Å². The fourth-order valence-corrected chi connectivity index (χ4v) is 4.14. The van der Waals surface area contributed by atoms with Crippen molar-refractivity contribution >= 4 is 10.9 Å². The van der Waals surface area contributed by atoms with Crippen LogP contribution in [-0.4, -0.2) is 10.6 Å². The van der Waals surface area contributed by atoms with Crippen LogP contribution in [0.1, 0.15) is 49.7 Å². The molecule has 0 saturated heterocycles. The number of aromatic nitrogens is 1. The first-order chi connectivity index (χ1) is 12.8. The molecule has 26 heavy (non-hydrogen) atoms. The van der Waals surface area contributed by atoms with E-state index in [9.17, 15) is 4.39 Å². The van der Waals surface area contributed by atoms with Crippen LogP contribution >= 0.6 is 0 Å². The zero-order valence-electron chi connectivity index (χ0n) is 15.3. The van der Waals surface area contributed by atoms with Crippen LogP contribution in [-0.2, 0) is 13.1 Å². The van der Waals surface area contributed by atoms with E-state index in [1.807, 2.05) is 12.1 Å². The first kappa shape index (κ1) is 17.3. The predicted octanol–water partition coefficient (Wildman–Crippen LogP) is 5.64. The van der Waals surface area contributed by atoms with E-state index in [2.05, 4.69) is 40.3 Å². The number of hydrogen-bond donors (Lipinski definition) is 1. The minimum absolute atomic E-state index is 0.136. The van der Waals surface area contributed by atoms with Crippen LogP contribution in [0.4, 0.5) is 4.39 Å². The summed E-state index contributed by atoms with van der Waals surface area (Å²) in [5.74, 6) is -0.136. The van der Waals surface area contributed by atoms with Crippen molar-refractivity contribution in [3.63, 3.8) is 0 Å². The van der Waals surface area contributed by atoms with Gasteiger partial charge in [0.05, 0.1) is 6.54 Å². The Bertz CT molecular complexity index is 860. The molecule has 1 saturated carbocycles. The Labute approximate surface area is 155 Å². The van der Waals surface area contributed by atoms with Crippen molar-refractivity contribution < 1.29 is 4.39 Å². The maximum Gasteiger partial charge on any atom is 0.128 e. The van der Waals surface area contributed by atoms with Crippen LogP contribution in [0.5, 0.6) is 0 Å². The van der Waals surface area contributed by atoms with E-state index >= 15 is 0 Å². The van der Waals surface area contributed by atoms with Gasteiger partial charge in [0.25, 0.3) is 0 Å². The lowest BCUT2D eigenvalue weighted by Gasteiger charge is -2.15. The quantitative estimate of drug-likeness (QED) is 0.589. The highest BCUT2D eigenvalue weighted by molar-refractivity contribution is 5.84. The lowest BCUT2D eigenvalue weighted by Crippen LogP contribution is -2.27. The second-order valence-electron chi connectivity index (χ2n) is 7.46. The average Bonchev–Trinajstić information content (AvgIpc) is 2.83. The van der Waals surface area contributed by atoms with Gasteiger partial charge in [0.2, 0.25) is 0 Å². The van der Waals surface area contributed by atoms with Crippen molar-refractivity contribution in [2.24, 2.45) is 0 Å². The Morgan fingerprint density at radius 3 is 2.42 bits per heavy atom. The Morgan fingerprint density at radius 2 is 1.62 bits per heavy atom. The molecule has 1 aliphatic carbocycles. The van der Waals surface area contributed by atoms with E-state index in [1.54, 1.807) is 6.07 Å². The molecule has 1 heterocycles. The number of rotatable bonds is 5. The molecule has 0 aliphatic heterocycles. The van der Waals surface area contributed by atoms with Crippen LogP contribution in [0.15, 0.2) is 54.7 Å². The Hall–Kier alpha value is -2.13. The molecule has 1 fully saturated rings. The second-order valence-corrected chi connectivity index (χ2v) is 7.46. The lowest BCUT2D eigenvalue weighted by atomic mass is 10.1. The van der Waals surface area contributed by atoms with Gasteiger partial charge in [0, 0.05) is 35.2 Å². The number of benzene rings is 2. The van der Waals surface area contributed by atoms with Gasteiger partial charge in [0.1, 0.15) is 5.82 Å². The summed E-state index contributed by atoms with van der Waals surface area (Å²) in [5, 5.41) is 5.04. The van der Waals surface area contributed by atoms with Crippen LogP contribution in [0.25, 0.3) is 10.9 Å². The molecule has 0 bridgehead atoms. The monoisotopic (exact) mass is 350 g/mol. The number of hydrogen-bond acceptors (Lipinski definition) is 1. The fourth-order valence-electron chi connectivity index (χ4n) is 4.14. The highest BCUT2D eigenvalue weighted by atomic mass is 19.1. The van der Waals surface area contributed by atoms with Crippen LogP contribution < -0.4 is 5.32 Å². The summed E-state index contributed by atoms with van der Waals surface area (Å²) < 4.78 is 16.3. The summed E-state index contributed by atoms with van der Waals surface area (Å²) in [6.45, 7) is 1.45. The molecule has 0 amide bonds. The molecule has 136 valence electrons. The third-order valence-corrected chi connectivity index (χ3v) is 5.61. The third-order valence-electron chi connectivity index (χ3n) is 5.61. The van der Waals surface area contributed by atoms with Gasteiger partial charge in [0.15, 0.2) is 0 Å². The van der Waals surface area contributed by atoms with Crippen molar-refractivity contribution in [1.82, 2.24) is 9.88 Å². The number of halogens is 1. The molecule has 0 radical (unpaired) electrons. The van der Waals surface area contributed by atoms with Gasteiger partial charge in [-0.1, -0.05) is 62.1 Å². The van der Waals surface area contributed by atoms with Gasteiger partial charge in [-0.2, -0.15) is 0 Å². The van der Waals surface area contributed by atoms with Gasteiger partial charge >= 0.3 is 0 Å². The summed E-state index contributed by atoms with van der Waals surface area (Å²) in [4.78, 5) is 0. The molecule has 1 aliphatic rings. The molecular formula is C23H27FN2. The molecule has 0 unspecified atom stereocenters. The highest BCUT2D eigenvalue weighted by Crippen LogP contribution is 2.24. The molecule has 3 heteroatoms. The summed E-state index contributed by atoms with van der Waals surface area (Å²) in [6.07, 6.45) is 10.2. The summed E-state index contributed by atoms with van der Waals surface area (Å²) in [5.41, 5.74) is 3.21. The van der Waals surface area contributed by atoms with Crippen molar-refractivity contribution in [1.29, 1.82) is 0 Å². The van der Waals surface area contributed by atoms with Crippen LogP contribution in [0.2, 0.25) is 0 Å². The Morgan fingerprint density at radius 1 is 0.885 bits per heavy atom. The number of nitrogens with zero attached hydrogens (tertiary/aromatic N) is 1. The molecule has 2 aromatic carbocycles. The molecule has 3 aromatic rings. The zero-order valence-corrected chi connectivity index (χ0v) is 15.3. The van der Waals surface area contributed by atoms with E-state index in [-0.39, 0.29) is 5.82 Å². The third kappa shape index (κ3) is 3.83. The van der Waals surface area contributed by atoms with Gasteiger partial charge in [-0.3, -0.25) is 0 Å². The molecule has 1 N–H and O–H groups in total.